The Hall–Kier alpha value is -2.09. The van der Waals surface area contributed by atoms with Gasteiger partial charge in [0.05, 0.1) is 77.9 Å². The summed E-state index contributed by atoms with van der Waals surface area (Å²) in [5, 5.41) is 59.9. The number of aliphatic hydroxyl groups is 6. The highest BCUT2D eigenvalue weighted by Crippen LogP contribution is 2.35. The lowest BCUT2D eigenvalue weighted by atomic mass is 10.3. The van der Waals surface area contributed by atoms with Crippen LogP contribution in [-0.4, -0.2) is 268 Å². The van der Waals surface area contributed by atoms with Crippen LogP contribution >= 0.6 is 37.5 Å². The summed E-state index contributed by atoms with van der Waals surface area (Å²) in [6, 6.07) is 5.60. The number of aromatic nitrogens is 1. The van der Waals surface area contributed by atoms with E-state index in [1.807, 2.05) is 52.9 Å². The molecule has 0 saturated carbocycles. The second-order valence-corrected chi connectivity index (χ2v) is 20.8. The van der Waals surface area contributed by atoms with Gasteiger partial charge in [-0.05, 0) is 66.5 Å². The Morgan fingerprint density at radius 2 is 1.03 bits per heavy atom. The molecular weight excluding hydrogens is 1120 g/mol. The SMILES string of the molecule is C=C(SSc1ccccn1)C(=O)N(C)CCNCCN(C)C(=O)OCC(OC)OC(CC)CO.CCC(CO)OC(CO)OC.CCC(CO)OC(CO)OC.CCC(CO)OC(COC(=O)N(C)CCNC)OC.[2H][P+](P)=S. The van der Waals surface area contributed by atoms with Crippen LogP contribution in [0.5, 0.6) is 0 Å². The van der Waals surface area contributed by atoms with Crippen molar-refractivity contribution in [2.24, 2.45) is 0 Å². The molecule has 1 heterocycles. The summed E-state index contributed by atoms with van der Waals surface area (Å²) in [4.78, 5) is 45.3. The Kier molecular flexibility index (Phi) is 59.7. The van der Waals surface area contributed by atoms with Crippen molar-refractivity contribution in [3.8, 4) is 0 Å². The van der Waals surface area contributed by atoms with Crippen LogP contribution in [0.4, 0.5) is 9.59 Å². The lowest BCUT2D eigenvalue weighted by Gasteiger charge is -2.23. The van der Waals surface area contributed by atoms with Gasteiger partial charge in [0.1, 0.15) is 18.2 Å². The van der Waals surface area contributed by atoms with Crippen molar-refractivity contribution in [3.63, 3.8) is 0 Å². The molecule has 0 aliphatic heterocycles. The van der Waals surface area contributed by atoms with Gasteiger partial charge in [0.25, 0.3) is 5.91 Å². The number of likely N-dealkylation sites (N-methyl/N-ethyl adjacent to an activating group) is 4. The number of hydrogen-bond donors (Lipinski definition) is 8. The van der Waals surface area contributed by atoms with E-state index in [0.29, 0.717) is 69.9 Å². The number of aliphatic hydroxyl groups excluding tert-OH is 6. The zero-order valence-corrected chi connectivity index (χ0v) is 52.4. The number of rotatable bonds is 39. The van der Waals surface area contributed by atoms with Crippen LogP contribution in [0, 0.1) is 0 Å². The van der Waals surface area contributed by atoms with Gasteiger partial charge in [-0.15, -0.1) is 0 Å². The normalized spacial score (nSPS) is 14.1. The van der Waals surface area contributed by atoms with E-state index in [4.69, 9.17) is 74.2 Å². The van der Waals surface area contributed by atoms with Crippen molar-refractivity contribution in [2.45, 2.75) is 108 Å². The first-order chi connectivity index (χ1) is 37.7. The predicted molar refractivity (Wildman–Crippen MR) is 311 cm³/mol. The maximum absolute atomic E-state index is 12.4. The van der Waals surface area contributed by atoms with E-state index in [-0.39, 0.29) is 83.2 Å². The van der Waals surface area contributed by atoms with Crippen LogP contribution in [0.3, 0.4) is 0 Å². The molecule has 1 aromatic rings. The molecule has 0 aromatic carbocycles. The fraction of sp³-hybridized carbons (Fsp3) is 0.792. The number of amides is 3. The number of pyridine rings is 1. The van der Waals surface area contributed by atoms with Crippen molar-refractivity contribution < 1.29 is 92.4 Å². The van der Waals surface area contributed by atoms with Gasteiger partial charge in [0, 0.05) is 95.0 Å². The van der Waals surface area contributed by atoms with E-state index >= 15 is 0 Å². The molecule has 10 unspecified atom stereocenters. The fourth-order valence-electron chi connectivity index (χ4n) is 5.02. The highest BCUT2D eigenvalue weighted by molar-refractivity contribution is 8.78. The second-order valence-electron chi connectivity index (χ2n) is 15.9. The van der Waals surface area contributed by atoms with Crippen LogP contribution in [0.1, 0.15) is 53.4 Å². The zero-order valence-electron chi connectivity index (χ0n) is 48.9. The number of carbonyl (C=O) groups is 3. The minimum Gasteiger partial charge on any atom is -0.444 e. The molecular formula is C48H97N6O19P2S3+. The molecule has 3 amide bonds. The lowest BCUT2D eigenvalue weighted by molar-refractivity contribution is -0.182. The first-order valence-corrected chi connectivity index (χ1v) is 30.8. The quantitative estimate of drug-likeness (QED) is 0.0154. The number of methoxy groups -OCH3 is 4. The summed E-state index contributed by atoms with van der Waals surface area (Å²) >= 11 is 4.31. The number of carbonyl (C=O) groups excluding carboxylic acids is 3. The molecule has 0 radical (unpaired) electrons. The van der Waals surface area contributed by atoms with Crippen LogP contribution in [0.25, 0.3) is 0 Å². The van der Waals surface area contributed by atoms with Gasteiger partial charge in [-0.25, -0.2) is 14.6 Å². The topological polar surface area (TPSA) is 312 Å². The molecule has 25 nitrogen and oxygen atoms in total. The van der Waals surface area contributed by atoms with E-state index < -0.39 is 44.3 Å². The van der Waals surface area contributed by atoms with Gasteiger partial charge in [-0.1, -0.05) is 40.3 Å². The summed E-state index contributed by atoms with van der Waals surface area (Å²) in [5.74, 6) is -0.141. The Balaban J connectivity index is -0.000000521. The summed E-state index contributed by atoms with van der Waals surface area (Å²) in [7, 11) is 17.5. The average molecular weight is 1220 g/mol. The number of nitrogens with zero attached hydrogens (tertiary/aromatic N) is 4. The molecule has 460 valence electrons. The van der Waals surface area contributed by atoms with Gasteiger partial charge in [0.15, 0.2) is 44.0 Å². The number of ether oxygens (including phenoxy) is 10. The van der Waals surface area contributed by atoms with Crippen molar-refractivity contribution in [2.75, 3.05) is 149 Å². The standard InChI is InChI=1S/C22H36N4O6S2.C12H26N2O5.2C7H16O4.H2P2S/c1-6-18(15-27)32-20(30-5)16-31-22(29)26(4)14-12-23-11-13-25(3)21(28)17(2)33-34-19-9-7-8-10-24-19;1-5-10(8-15)19-11(17-4)9-18-12(16)14(3)7-6-13-2;2*1-3-6(4-8)11-7(5-9)10-2;1-2-3/h7-10,18,20,23,27H,2,6,11-16H2,1,3-5H3;10-11,13,15H,5-9H2,1-4H3;2*6-9H,3-5H2,1-2H3;1H2/p+1/i/hD. The van der Waals surface area contributed by atoms with Gasteiger partial charge in [0.2, 0.25) is 0 Å². The predicted octanol–water partition coefficient (Wildman–Crippen LogP) is 2.64. The van der Waals surface area contributed by atoms with Crippen molar-refractivity contribution in [1.82, 2.24) is 30.3 Å². The Bertz CT molecular complexity index is 1560. The average Bonchev–Trinajstić information content (AvgIpc) is 3.46. The minimum absolute atomic E-state index is 0.00424. The first kappa shape index (κ1) is 80.1. The van der Waals surface area contributed by atoms with Crippen LogP contribution in [0.2, 0.25) is 0 Å². The van der Waals surface area contributed by atoms with Gasteiger partial charge < -0.3 is 103 Å². The number of hydrogen-bond acceptors (Lipinski definition) is 25. The minimum atomic E-state index is -0.870. The van der Waals surface area contributed by atoms with Gasteiger partial charge in [-0.3, -0.25) is 4.79 Å². The highest BCUT2D eigenvalue weighted by atomic mass is 33.1. The summed E-state index contributed by atoms with van der Waals surface area (Å²) in [6.07, 6.45) is -0.362. The summed E-state index contributed by atoms with van der Waals surface area (Å²) < 4.78 is 57.6. The molecule has 8 N–H and O–H groups in total. The van der Waals surface area contributed by atoms with E-state index in [1.54, 1.807) is 32.2 Å². The molecule has 0 saturated heterocycles. The zero-order chi connectivity index (χ0) is 61.0. The van der Waals surface area contributed by atoms with Crippen molar-refractivity contribution >= 4 is 67.4 Å². The maximum atomic E-state index is 12.4. The first-order valence-electron chi connectivity index (χ1n) is 25.5. The van der Waals surface area contributed by atoms with Gasteiger partial charge >= 0.3 is 13.5 Å². The van der Waals surface area contributed by atoms with Crippen LogP contribution < -0.4 is 10.6 Å². The molecule has 30 heteroatoms. The summed E-state index contributed by atoms with van der Waals surface area (Å²) in [6.45, 7) is 13.1. The van der Waals surface area contributed by atoms with Crippen molar-refractivity contribution in [3.05, 3.63) is 35.9 Å². The van der Waals surface area contributed by atoms with Gasteiger partial charge in [-0.2, -0.15) is 0 Å². The Morgan fingerprint density at radius 3 is 1.33 bits per heavy atom. The third-order valence-electron chi connectivity index (χ3n) is 10.1. The van der Waals surface area contributed by atoms with Crippen LogP contribution in [0.15, 0.2) is 40.9 Å². The molecule has 10 atom stereocenters. The van der Waals surface area contributed by atoms with Crippen molar-refractivity contribution in [1.29, 1.82) is 1.28 Å². The third-order valence-corrected chi connectivity index (χ3v) is 12.3. The smallest absolute Gasteiger partial charge is 0.409 e. The molecule has 1 aromatic heterocycles. The fourth-order valence-corrected chi connectivity index (χ4v) is 6.74. The third kappa shape index (κ3) is 45.5. The maximum Gasteiger partial charge on any atom is 0.409 e. The molecule has 78 heavy (non-hydrogen) atoms. The Labute approximate surface area is 482 Å². The Morgan fingerprint density at radius 1 is 0.667 bits per heavy atom. The molecule has 1 rings (SSSR count). The summed E-state index contributed by atoms with van der Waals surface area (Å²) in [5.41, 5.74) is 0. The largest absolute Gasteiger partial charge is 0.444 e. The van der Waals surface area contributed by atoms with E-state index in [0.717, 1.165) is 5.03 Å². The van der Waals surface area contributed by atoms with E-state index in [1.165, 1.54) is 59.8 Å². The second kappa shape index (κ2) is 58.1. The molecule has 0 aliphatic carbocycles. The monoisotopic (exact) mass is 1220 g/mol. The van der Waals surface area contributed by atoms with E-state index in [2.05, 4.69) is 42.9 Å². The molecule has 0 aliphatic rings. The number of nitrogens with one attached hydrogen (secondary N) is 2. The molecule has 0 spiro atoms. The van der Waals surface area contributed by atoms with Crippen LogP contribution in [-0.2, 0) is 64.0 Å². The van der Waals surface area contributed by atoms with E-state index in [9.17, 15) is 19.5 Å². The lowest BCUT2D eigenvalue weighted by Crippen LogP contribution is -2.39. The molecule has 0 bridgehead atoms. The molecule has 0 fully saturated rings. The highest BCUT2D eigenvalue weighted by Gasteiger charge is 2.21.